The van der Waals surface area contributed by atoms with Crippen molar-refractivity contribution < 1.29 is 8.83 Å². The third-order valence-corrected chi connectivity index (χ3v) is 10.5. The van der Waals surface area contributed by atoms with E-state index in [9.17, 15) is 0 Å². The van der Waals surface area contributed by atoms with Gasteiger partial charge in [0.2, 0.25) is 0 Å². The highest BCUT2D eigenvalue weighted by atomic mass is 16.3. The van der Waals surface area contributed by atoms with Crippen LogP contribution >= 0.6 is 0 Å². The SMILES string of the molecule is c1ccc(-c2cc(-c3ccccc3)c3oc4cccc(-c5nc(-c6ccccc6)nc(-c6cccc(-c7ccc8c(c7)oc7ccccc78)c6)n5)c4c3c2)cc1. The maximum atomic E-state index is 6.76. The van der Waals surface area contributed by atoms with E-state index in [1.165, 1.54) is 0 Å². The summed E-state index contributed by atoms with van der Waals surface area (Å²) >= 11 is 0. The molecule has 0 bridgehead atoms. The van der Waals surface area contributed by atoms with Crippen molar-refractivity contribution in [3.63, 3.8) is 0 Å². The van der Waals surface area contributed by atoms with E-state index < -0.39 is 0 Å². The molecule has 0 spiro atoms. The maximum Gasteiger partial charge on any atom is 0.164 e. The minimum absolute atomic E-state index is 0.572. The van der Waals surface area contributed by atoms with Crippen molar-refractivity contribution in [1.82, 2.24) is 15.0 Å². The molecule has 3 aromatic heterocycles. The van der Waals surface area contributed by atoms with Gasteiger partial charge >= 0.3 is 0 Å². The highest BCUT2D eigenvalue weighted by molar-refractivity contribution is 6.16. The summed E-state index contributed by atoms with van der Waals surface area (Å²) in [5, 5.41) is 4.17. The van der Waals surface area contributed by atoms with Crippen LogP contribution in [0.4, 0.5) is 0 Å². The van der Waals surface area contributed by atoms with E-state index in [-0.39, 0.29) is 0 Å². The van der Waals surface area contributed by atoms with Gasteiger partial charge in [0, 0.05) is 43.8 Å². The highest BCUT2D eigenvalue weighted by Gasteiger charge is 2.21. The molecule has 5 heteroatoms. The third kappa shape index (κ3) is 5.45. The van der Waals surface area contributed by atoms with Crippen molar-refractivity contribution in [1.29, 1.82) is 0 Å². The van der Waals surface area contributed by atoms with Crippen molar-refractivity contribution in [2.45, 2.75) is 0 Å². The lowest BCUT2D eigenvalue weighted by Crippen LogP contribution is -2.00. The molecule has 0 N–H and O–H groups in total. The van der Waals surface area contributed by atoms with Gasteiger partial charge in [0.05, 0.1) is 0 Å². The fourth-order valence-electron chi connectivity index (χ4n) is 7.83. The van der Waals surface area contributed by atoms with Crippen LogP contribution < -0.4 is 0 Å². The zero-order chi connectivity index (χ0) is 37.0. The molecular formula is C51H31N3O2. The molecule has 0 aliphatic heterocycles. The van der Waals surface area contributed by atoms with Crippen LogP contribution in [-0.4, -0.2) is 15.0 Å². The normalized spacial score (nSPS) is 11.6. The van der Waals surface area contributed by atoms with E-state index in [0.717, 1.165) is 93.9 Å². The molecule has 0 unspecified atom stereocenters. The Balaban J connectivity index is 1.11. The van der Waals surface area contributed by atoms with Crippen molar-refractivity contribution in [3.05, 3.63) is 188 Å². The largest absolute Gasteiger partial charge is 0.456 e. The molecule has 11 aromatic rings. The molecule has 11 rings (SSSR count). The van der Waals surface area contributed by atoms with Crippen molar-refractivity contribution in [3.8, 4) is 67.5 Å². The third-order valence-electron chi connectivity index (χ3n) is 10.5. The number of hydrogen-bond donors (Lipinski definition) is 0. The van der Waals surface area contributed by atoms with Gasteiger partial charge in [-0.05, 0) is 70.3 Å². The van der Waals surface area contributed by atoms with E-state index in [1.54, 1.807) is 0 Å². The Morgan fingerprint density at radius 1 is 0.286 bits per heavy atom. The smallest absolute Gasteiger partial charge is 0.164 e. The van der Waals surface area contributed by atoms with Crippen LogP contribution in [0, 0.1) is 0 Å². The second-order valence-corrected chi connectivity index (χ2v) is 14.0. The molecule has 0 saturated carbocycles. The van der Waals surface area contributed by atoms with E-state index in [2.05, 4.69) is 115 Å². The van der Waals surface area contributed by atoms with Gasteiger partial charge in [-0.1, -0.05) is 146 Å². The quantitative estimate of drug-likeness (QED) is 0.171. The summed E-state index contributed by atoms with van der Waals surface area (Å²) in [6, 6.07) is 64.5. The minimum Gasteiger partial charge on any atom is -0.456 e. The average molecular weight is 718 g/mol. The van der Waals surface area contributed by atoms with Crippen LogP contribution in [0.5, 0.6) is 0 Å². The van der Waals surface area contributed by atoms with Crippen LogP contribution in [0.3, 0.4) is 0 Å². The first-order valence-corrected chi connectivity index (χ1v) is 18.7. The Bertz CT molecular complexity index is 3240. The molecule has 0 radical (unpaired) electrons. The number of fused-ring (bicyclic) bond motifs is 6. The number of para-hydroxylation sites is 1. The summed E-state index contributed by atoms with van der Waals surface area (Å²) in [7, 11) is 0. The first-order chi connectivity index (χ1) is 27.7. The number of aromatic nitrogens is 3. The van der Waals surface area contributed by atoms with Gasteiger partial charge in [-0.2, -0.15) is 0 Å². The summed E-state index contributed by atoms with van der Waals surface area (Å²) in [4.78, 5) is 15.5. The molecule has 0 aliphatic rings. The second kappa shape index (κ2) is 13.0. The van der Waals surface area contributed by atoms with Gasteiger partial charge in [-0.3, -0.25) is 0 Å². The van der Waals surface area contributed by atoms with Gasteiger partial charge < -0.3 is 8.83 Å². The summed E-state index contributed by atoms with van der Waals surface area (Å²) < 4.78 is 13.0. The van der Waals surface area contributed by atoms with Crippen LogP contribution in [-0.2, 0) is 0 Å². The zero-order valence-electron chi connectivity index (χ0n) is 30.1. The molecule has 5 nitrogen and oxygen atoms in total. The van der Waals surface area contributed by atoms with E-state index in [0.29, 0.717) is 17.5 Å². The summed E-state index contributed by atoms with van der Waals surface area (Å²) in [6.07, 6.45) is 0. The monoisotopic (exact) mass is 717 g/mol. The van der Waals surface area contributed by atoms with E-state index in [4.69, 9.17) is 23.8 Å². The minimum atomic E-state index is 0.572. The molecule has 0 saturated heterocycles. The average Bonchev–Trinajstić information content (AvgIpc) is 3.85. The Kier molecular flexibility index (Phi) is 7.42. The van der Waals surface area contributed by atoms with Crippen LogP contribution in [0.1, 0.15) is 0 Å². The zero-order valence-corrected chi connectivity index (χ0v) is 30.1. The topological polar surface area (TPSA) is 65.0 Å². The molecular weight excluding hydrogens is 687 g/mol. The number of benzene rings is 8. The van der Waals surface area contributed by atoms with Crippen LogP contribution in [0.2, 0.25) is 0 Å². The fourth-order valence-corrected chi connectivity index (χ4v) is 7.83. The molecule has 3 heterocycles. The lowest BCUT2D eigenvalue weighted by molar-refractivity contribution is 0.669. The van der Waals surface area contributed by atoms with E-state index >= 15 is 0 Å². The Labute approximate surface area is 322 Å². The molecule has 0 aliphatic carbocycles. The van der Waals surface area contributed by atoms with Gasteiger partial charge in [0.15, 0.2) is 17.5 Å². The van der Waals surface area contributed by atoms with Crippen molar-refractivity contribution in [2.24, 2.45) is 0 Å². The molecule has 8 aromatic carbocycles. The Morgan fingerprint density at radius 2 is 0.875 bits per heavy atom. The lowest BCUT2D eigenvalue weighted by atomic mass is 9.95. The Hall–Kier alpha value is -7.63. The number of hydrogen-bond acceptors (Lipinski definition) is 5. The van der Waals surface area contributed by atoms with Gasteiger partial charge in [0.25, 0.3) is 0 Å². The summed E-state index contributed by atoms with van der Waals surface area (Å²) in [5.41, 5.74) is 12.4. The van der Waals surface area contributed by atoms with Gasteiger partial charge in [-0.25, -0.2) is 15.0 Å². The summed E-state index contributed by atoms with van der Waals surface area (Å²) in [6.45, 7) is 0. The van der Waals surface area contributed by atoms with Crippen molar-refractivity contribution in [2.75, 3.05) is 0 Å². The van der Waals surface area contributed by atoms with Crippen LogP contribution in [0.15, 0.2) is 197 Å². The number of furan rings is 2. The predicted octanol–water partition coefficient (Wildman–Crippen LogP) is 13.7. The fraction of sp³-hybridized carbons (Fsp3) is 0. The second-order valence-electron chi connectivity index (χ2n) is 14.0. The summed E-state index contributed by atoms with van der Waals surface area (Å²) in [5.74, 6) is 1.75. The standard InChI is InChI=1S/C51H31N3O2/c1-4-14-32(15-5-1)38-29-42(33-16-6-2-7-17-33)48-43(30-38)47-41(23-13-25-45(47)56-48)51-53-49(34-18-8-3-9-19-34)52-50(54-51)37-21-12-20-35(28-37)36-26-27-40-39-22-10-11-24-44(39)55-46(40)31-36/h1-31H. The van der Waals surface area contributed by atoms with Gasteiger partial charge in [-0.15, -0.1) is 0 Å². The lowest BCUT2D eigenvalue weighted by Gasteiger charge is -2.11. The highest BCUT2D eigenvalue weighted by Crippen LogP contribution is 2.43. The number of rotatable bonds is 6. The first-order valence-electron chi connectivity index (χ1n) is 18.7. The van der Waals surface area contributed by atoms with E-state index in [1.807, 2.05) is 72.8 Å². The van der Waals surface area contributed by atoms with Gasteiger partial charge in [0.1, 0.15) is 22.3 Å². The Morgan fingerprint density at radius 3 is 1.68 bits per heavy atom. The molecule has 0 amide bonds. The molecule has 56 heavy (non-hydrogen) atoms. The van der Waals surface area contributed by atoms with Crippen molar-refractivity contribution >= 4 is 43.9 Å². The maximum absolute atomic E-state index is 6.76. The molecule has 0 fully saturated rings. The van der Waals surface area contributed by atoms with Crippen LogP contribution in [0.25, 0.3) is 111 Å². The molecule has 0 atom stereocenters. The first kappa shape index (κ1) is 31.9. The molecule has 262 valence electrons. The number of nitrogens with zero attached hydrogens (tertiary/aromatic N) is 3. The predicted molar refractivity (Wildman–Crippen MR) is 227 cm³/mol.